The van der Waals surface area contributed by atoms with Gasteiger partial charge < -0.3 is 5.73 Å². The molecule has 2 aromatic heterocycles. The predicted octanol–water partition coefficient (Wildman–Crippen LogP) is 8.89. The molecule has 0 fully saturated rings. The number of hydrogen-bond donors (Lipinski definition) is 1. The molecule has 3 nitrogen and oxygen atoms in total. The van der Waals surface area contributed by atoms with Gasteiger partial charge in [-0.1, -0.05) is 66.8 Å². The van der Waals surface area contributed by atoms with E-state index in [4.69, 9.17) is 5.73 Å². The molecule has 6 rings (SSSR count). The van der Waals surface area contributed by atoms with E-state index in [-0.39, 0.29) is 0 Å². The van der Waals surface area contributed by atoms with Crippen molar-refractivity contribution in [3.8, 4) is 21.7 Å². The number of thiazole rings is 1. The molecule has 4 aromatic carbocycles. The molecule has 0 radical (unpaired) electrons. The molecule has 37 heavy (non-hydrogen) atoms. The number of pyridine rings is 1. The van der Waals surface area contributed by atoms with Crippen molar-refractivity contribution < 1.29 is 0 Å². The normalized spacial score (nSPS) is 12.7. The van der Waals surface area contributed by atoms with Gasteiger partial charge in [-0.05, 0) is 67.4 Å². The third-order valence-electron chi connectivity index (χ3n) is 6.71. The molecule has 0 saturated heterocycles. The molecule has 0 aliphatic rings. The zero-order valence-electron chi connectivity index (χ0n) is 20.4. The Hall–Kier alpha value is -3.93. The zero-order valence-corrected chi connectivity index (χ0v) is 22.1. The van der Waals surface area contributed by atoms with Crippen molar-refractivity contribution in [2.24, 2.45) is 5.73 Å². The molecule has 5 heteroatoms. The van der Waals surface area contributed by atoms with E-state index >= 15 is 0 Å². The van der Waals surface area contributed by atoms with E-state index in [1.807, 2.05) is 29.4 Å². The molecule has 0 saturated carbocycles. The Kier molecular flexibility index (Phi) is 6.25. The average Bonchev–Trinajstić information content (AvgIpc) is 3.49. The second-order valence-corrected chi connectivity index (χ2v) is 10.9. The molecule has 2 heterocycles. The number of hydrogen-bond acceptors (Lipinski definition) is 5. The van der Waals surface area contributed by atoms with Crippen LogP contribution in [0.5, 0.6) is 0 Å². The molecular formula is C32H25N3S2. The fourth-order valence-electron chi connectivity index (χ4n) is 5.09. The molecule has 0 amide bonds. The standard InChI is InChI=1S/C32H25N3S2/c1-3-36-19-20(2)14-23(16-33)26-8-4-21-7-11-29-27(9-5-22-6-10-28(26)30(21)31(22)29)24-15-25(18-34-17-24)32-35-12-13-37-32/h3-18H,1,19,33H2,2H3/b20-14+,23-16+. The summed E-state index contributed by atoms with van der Waals surface area (Å²) in [5.74, 6) is 0.893. The van der Waals surface area contributed by atoms with Crippen LogP contribution in [0.25, 0.3) is 59.6 Å². The van der Waals surface area contributed by atoms with E-state index in [9.17, 15) is 0 Å². The van der Waals surface area contributed by atoms with Crippen LogP contribution in [0.3, 0.4) is 0 Å². The summed E-state index contributed by atoms with van der Waals surface area (Å²) in [6.07, 6.45) is 9.56. The highest BCUT2D eigenvalue weighted by atomic mass is 32.2. The second kappa shape index (κ2) is 9.85. The van der Waals surface area contributed by atoms with E-state index in [0.29, 0.717) is 0 Å². The number of aromatic nitrogens is 2. The fraction of sp³-hybridized carbons (Fsp3) is 0.0625. The topological polar surface area (TPSA) is 51.8 Å². The van der Waals surface area contributed by atoms with Gasteiger partial charge in [-0.3, -0.25) is 4.98 Å². The molecule has 0 spiro atoms. The summed E-state index contributed by atoms with van der Waals surface area (Å²) in [5, 5.41) is 12.3. The number of benzene rings is 4. The summed E-state index contributed by atoms with van der Waals surface area (Å²) < 4.78 is 0. The van der Waals surface area contributed by atoms with Crippen molar-refractivity contribution in [1.29, 1.82) is 0 Å². The lowest BCUT2D eigenvalue weighted by atomic mass is 9.87. The summed E-state index contributed by atoms with van der Waals surface area (Å²) in [4.78, 5) is 9.03. The monoisotopic (exact) mass is 515 g/mol. The molecule has 0 aliphatic carbocycles. The highest BCUT2D eigenvalue weighted by Gasteiger charge is 2.16. The van der Waals surface area contributed by atoms with Crippen molar-refractivity contribution in [3.63, 3.8) is 0 Å². The lowest BCUT2D eigenvalue weighted by Crippen LogP contribution is -1.94. The summed E-state index contributed by atoms with van der Waals surface area (Å²) in [6, 6.07) is 19.9. The third kappa shape index (κ3) is 4.20. The van der Waals surface area contributed by atoms with Crippen LogP contribution in [0.15, 0.2) is 108 Å². The SMILES string of the molecule is C=CSC/C(C)=C/C(=C\N)c1ccc2ccc3c(-c4cncc(-c5nccs5)c4)ccc4ccc1c2c43. The molecule has 6 aromatic rings. The summed E-state index contributed by atoms with van der Waals surface area (Å²) in [7, 11) is 0. The van der Waals surface area contributed by atoms with E-state index in [0.717, 1.165) is 33.0 Å². The first-order chi connectivity index (χ1) is 18.2. The van der Waals surface area contributed by atoms with Crippen LogP contribution in [0.1, 0.15) is 12.5 Å². The minimum absolute atomic E-state index is 0.893. The zero-order chi connectivity index (χ0) is 25.4. The van der Waals surface area contributed by atoms with Crippen molar-refractivity contribution >= 4 is 61.0 Å². The number of allylic oxidation sites excluding steroid dienone is 2. The van der Waals surface area contributed by atoms with Crippen LogP contribution < -0.4 is 5.73 Å². The largest absolute Gasteiger partial charge is 0.404 e. The van der Waals surface area contributed by atoms with Gasteiger partial charge in [0.25, 0.3) is 0 Å². The van der Waals surface area contributed by atoms with Gasteiger partial charge in [0.15, 0.2) is 0 Å². The highest BCUT2D eigenvalue weighted by molar-refractivity contribution is 8.02. The summed E-state index contributed by atoms with van der Waals surface area (Å²) >= 11 is 3.32. The Morgan fingerprint density at radius 2 is 1.70 bits per heavy atom. The van der Waals surface area contributed by atoms with Crippen molar-refractivity contribution in [3.05, 3.63) is 114 Å². The Bertz CT molecular complexity index is 1810. The van der Waals surface area contributed by atoms with Crippen LogP contribution >= 0.6 is 23.1 Å². The van der Waals surface area contributed by atoms with Crippen LogP contribution in [0.2, 0.25) is 0 Å². The molecule has 0 atom stereocenters. The maximum Gasteiger partial charge on any atom is 0.124 e. The van der Waals surface area contributed by atoms with Gasteiger partial charge >= 0.3 is 0 Å². The van der Waals surface area contributed by atoms with E-state index in [1.165, 1.54) is 43.5 Å². The van der Waals surface area contributed by atoms with Gasteiger partial charge in [0.2, 0.25) is 0 Å². The molecule has 0 aliphatic heterocycles. The number of nitrogens with zero attached hydrogens (tertiary/aromatic N) is 2. The smallest absolute Gasteiger partial charge is 0.124 e. The highest BCUT2D eigenvalue weighted by Crippen LogP contribution is 2.42. The summed E-state index contributed by atoms with van der Waals surface area (Å²) in [5.41, 5.74) is 12.9. The lowest BCUT2D eigenvalue weighted by molar-refractivity contribution is 1.31. The minimum Gasteiger partial charge on any atom is -0.404 e. The van der Waals surface area contributed by atoms with Crippen molar-refractivity contribution in [2.45, 2.75) is 6.92 Å². The predicted molar refractivity (Wildman–Crippen MR) is 163 cm³/mol. The van der Waals surface area contributed by atoms with Gasteiger partial charge in [-0.2, -0.15) is 0 Å². The van der Waals surface area contributed by atoms with E-state index < -0.39 is 0 Å². The van der Waals surface area contributed by atoms with Crippen LogP contribution in [0.4, 0.5) is 0 Å². The molecule has 0 unspecified atom stereocenters. The Labute approximate surface area is 224 Å². The lowest BCUT2D eigenvalue weighted by Gasteiger charge is -2.17. The average molecular weight is 516 g/mol. The molecule has 0 bridgehead atoms. The van der Waals surface area contributed by atoms with Gasteiger partial charge in [-0.25, -0.2) is 4.98 Å². The fourth-order valence-corrected chi connectivity index (χ4v) is 6.17. The van der Waals surface area contributed by atoms with Crippen LogP contribution in [-0.4, -0.2) is 15.7 Å². The van der Waals surface area contributed by atoms with Crippen molar-refractivity contribution in [2.75, 3.05) is 5.75 Å². The van der Waals surface area contributed by atoms with Gasteiger partial charge in [0.05, 0.1) is 0 Å². The number of rotatable bonds is 7. The number of nitrogens with two attached hydrogens (primary N) is 1. The van der Waals surface area contributed by atoms with E-state index in [1.54, 1.807) is 29.3 Å². The maximum absolute atomic E-state index is 6.16. The quantitative estimate of drug-likeness (QED) is 0.170. The third-order valence-corrected chi connectivity index (χ3v) is 8.39. The summed E-state index contributed by atoms with van der Waals surface area (Å²) in [6.45, 7) is 5.95. The van der Waals surface area contributed by atoms with Crippen LogP contribution in [0, 0.1) is 0 Å². The Morgan fingerprint density at radius 3 is 2.46 bits per heavy atom. The van der Waals surface area contributed by atoms with E-state index in [2.05, 4.69) is 84.1 Å². The maximum atomic E-state index is 6.16. The molecule has 2 N–H and O–H groups in total. The minimum atomic E-state index is 0.893. The Morgan fingerprint density at radius 1 is 0.973 bits per heavy atom. The van der Waals surface area contributed by atoms with Crippen molar-refractivity contribution in [1.82, 2.24) is 9.97 Å². The van der Waals surface area contributed by atoms with Gasteiger partial charge in [0.1, 0.15) is 5.01 Å². The number of thioether (sulfide) groups is 1. The first-order valence-corrected chi connectivity index (χ1v) is 14.0. The molecular weight excluding hydrogens is 491 g/mol. The first-order valence-electron chi connectivity index (χ1n) is 12.1. The van der Waals surface area contributed by atoms with Gasteiger partial charge in [0, 0.05) is 47.1 Å². The van der Waals surface area contributed by atoms with Gasteiger partial charge in [-0.15, -0.1) is 23.1 Å². The van der Waals surface area contributed by atoms with Crippen LogP contribution in [-0.2, 0) is 0 Å². The molecule has 180 valence electrons. The second-order valence-electron chi connectivity index (χ2n) is 9.04. The first kappa shape index (κ1) is 23.5. The Balaban J connectivity index is 1.56.